The van der Waals surface area contributed by atoms with Crippen molar-refractivity contribution >= 4 is 37.5 Å². The van der Waals surface area contributed by atoms with Gasteiger partial charge >= 0.3 is 6.03 Å². The molecule has 3 aromatic rings. The van der Waals surface area contributed by atoms with Crippen LogP contribution in [0.5, 0.6) is 17.2 Å². The van der Waals surface area contributed by atoms with E-state index >= 15 is 0 Å². The summed E-state index contributed by atoms with van der Waals surface area (Å²) in [5, 5.41) is 3.43. The molecule has 5 rings (SSSR count). The molecule has 2 amide bonds. The number of benzene rings is 2. The van der Waals surface area contributed by atoms with Crippen LogP contribution in [0.1, 0.15) is 52.0 Å². The van der Waals surface area contributed by atoms with E-state index in [1.165, 1.54) is 0 Å². The molecule has 1 N–H and O–H groups in total. The number of carbonyl (C=O) groups excluding carboxylic acids is 1. The Morgan fingerprint density at radius 3 is 2.20 bits per heavy atom. The van der Waals surface area contributed by atoms with Gasteiger partial charge in [-0.2, -0.15) is 4.98 Å². The largest absolute Gasteiger partial charge is 0.497 e. The standard InChI is InChI=1S/C33H45N5O5Si/c1-33(2,3)44(7,8)43-27-16-12-25(13-17-27)38-30-22(21-37(32(38)39)24-10-14-26(40-4)15-11-24)20-34-31(36-30)35-23-9-18-28(41-5)29(19-23)42-6/h9-11,14-15,18-20,25,27H,12-13,16-17,21H2,1-8H3,(H,34,35,36). The van der Waals surface area contributed by atoms with Gasteiger partial charge in [0, 0.05) is 41.3 Å². The Kier molecular flexibility index (Phi) is 9.08. The van der Waals surface area contributed by atoms with Crippen molar-refractivity contribution < 1.29 is 23.4 Å². The van der Waals surface area contributed by atoms with E-state index in [4.69, 9.17) is 23.6 Å². The van der Waals surface area contributed by atoms with Gasteiger partial charge in [0.2, 0.25) is 5.95 Å². The van der Waals surface area contributed by atoms with Crippen molar-refractivity contribution in [3.8, 4) is 17.2 Å². The number of rotatable bonds is 9. The minimum atomic E-state index is -1.89. The van der Waals surface area contributed by atoms with Crippen molar-refractivity contribution in [1.29, 1.82) is 0 Å². The lowest BCUT2D eigenvalue weighted by molar-refractivity contribution is 0.129. The van der Waals surface area contributed by atoms with E-state index in [1.807, 2.05) is 53.6 Å². The third-order valence-electron chi connectivity index (χ3n) is 9.14. The first-order valence-corrected chi connectivity index (χ1v) is 18.1. The number of methoxy groups -OCH3 is 3. The second-order valence-corrected chi connectivity index (χ2v) is 17.7. The number of hydrogen-bond acceptors (Lipinski definition) is 8. The summed E-state index contributed by atoms with van der Waals surface area (Å²) < 4.78 is 22.9. The lowest BCUT2D eigenvalue weighted by atomic mass is 9.91. The normalized spacial score (nSPS) is 19.0. The minimum Gasteiger partial charge on any atom is -0.497 e. The Morgan fingerprint density at radius 1 is 0.909 bits per heavy atom. The quantitative estimate of drug-likeness (QED) is 0.246. The summed E-state index contributed by atoms with van der Waals surface area (Å²) in [5.41, 5.74) is 2.44. The summed E-state index contributed by atoms with van der Waals surface area (Å²) in [4.78, 5) is 27.5. The van der Waals surface area contributed by atoms with Gasteiger partial charge in [0.1, 0.15) is 11.6 Å². The average molecular weight is 620 g/mol. The van der Waals surface area contributed by atoms with Gasteiger partial charge in [0.05, 0.1) is 27.9 Å². The first-order valence-electron chi connectivity index (χ1n) is 15.2. The maximum atomic E-state index is 14.3. The Balaban J connectivity index is 1.44. The number of hydrogen-bond donors (Lipinski definition) is 1. The fraction of sp³-hybridized carbons (Fsp3) is 0.485. The Hall–Kier alpha value is -3.83. The molecule has 0 radical (unpaired) electrons. The molecular weight excluding hydrogens is 574 g/mol. The molecule has 236 valence electrons. The molecule has 1 saturated carbocycles. The van der Waals surface area contributed by atoms with Crippen molar-refractivity contribution in [1.82, 2.24) is 9.97 Å². The Morgan fingerprint density at radius 2 is 1.59 bits per heavy atom. The van der Waals surface area contributed by atoms with Crippen LogP contribution in [0.25, 0.3) is 0 Å². The number of amides is 2. The van der Waals surface area contributed by atoms with E-state index in [-0.39, 0.29) is 23.2 Å². The van der Waals surface area contributed by atoms with Crippen molar-refractivity contribution in [2.45, 2.75) is 83.3 Å². The first-order chi connectivity index (χ1) is 20.9. The van der Waals surface area contributed by atoms with Crippen LogP contribution in [0.4, 0.5) is 27.9 Å². The van der Waals surface area contributed by atoms with Crippen LogP contribution in [0.15, 0.2) is 48.7 Å². The van der Waals surface area contributed by atoms with E-state index in [9.17, 15) is 4.79 Å². The molecule has 2 aliphatic rings. The van der Waals surface area contributed by atoms with Crippen molar-refractivity contribution in [2.75, 3.05) is 36.4 Å². The van der Waals surface area contributed by atoms with Crippen LogP contribution < -0.4 is 29.3 Å². The summed E-state index contributed by atoms with van der Waals surface area (Å²) in [6, 6.07) is 13.0. The lowest BCUT2D eigenvalue weighted by Gasteiger charge is -2.44. The van der Waals surface area contributed by atoms with E-state index < -0.39 is 8.32 Å². The van der Waals surface area contributed by atoms with Crippen molar-refractivity contribution in [2.24, 2.45) is 0 Å². The Bertz CT molecular complexity index is 1470. The van der Waals surface area contributed by atoms with E-state index in [2.05, 4.69) is 44.2 Å². The minimum absolute atomic E-state index is 0.00889. The summed E-state index contributed by atoms with van der Waals surface area (Å²) >= 11 is 0. The summed E-state index contributed by atoms with van der Waals surface area (Å²) in [6.07, 6.45) is 5.50. The third-order valence-corrected chi connectivity index (χ3v) is 13.7. The number of anilines is 4. The van der Waals surface area contributed by atoms with Gasteiger partial charge < -0.3 is 24.0 Å². The van der Waals surface area contributed by atoms with Crippen LogP contribution in [0, 0.1) is 0 Å². The molecular formula is C33H45N5O5Si. The molecule has 1 aliphatic heterocycles. The molecule has 1 aliphatic carbocycles. The second kappa shape index (κ2) is 12.6. The topological polar surface area (TPSA) is 98.3 Å². The van der Waals surface area contributed by atoms with E-state index in [1.54, 1.807) is 26.2 Å². The molecule has 10 nitrogen and oxygen atoms in total. The first kappa shape index (κ1) is 31.6. The van der Waals surface area contributed by atoms with E-state index in [0.29, 0.717) is 29.8 Å². The van der Waals surface area contributed by atoms with Crippen molar-refractivity contribution in [3.63, 3.8) is 0 Å². The van der Waals surface area contributed by atoms with Gasteiger partial charge in [-0.15, -0.1) is 0 Å². The zero-order chi connectivity index (χ0) is 31.6. The van der Waals surface area contributed by atoms with Gasteiger partial charge in [-0.05, 0) is 80.2 Å². The highest BCUT2D eigenvalue weighted by molar-refractivity contribution is 6.74. The highest BCUT2D eigenvalue weighted by Gasteiger charge is 2.42. The fourth-order valence-corrected chi connectivity index (χ4v) is 7.01. The summed E-state index contributed by atoms with van der Waals surface area (Å²) in [7, 11) is 2.94. The number of fused-ring (bicyclic) bond motifs is 1. The molecule has 2 heterocycles. The van der Waals surface area contributed by atoms with Crippen LogP contribution in [-0.4, -0.2) is 57.8 Å². The summed E-state index contributed by atoms with van der Waals surface area (Å²) in [6.45, 7) is 11.8. The highest BCUT2D eigenvalue weighted by atomic mass is 28.4. The zero-order valence-electron chi connectivity index (χ0n) is 27.1. The molecule has 1 aromatic heterocycles. The van der Waals surface area contributed by atoms with Gasteiger partial charge in [0.15, 0.2) is 19.8 Å². The van der Waals surface area contributed by atoms with Crippen molar-refractivity contribution in [3.05, 3.63) is 54.2 Å². The number of nitrogens with zero attached hydrogens (tertiary/aromatic N) is 4. The molecule has 2 aromatic carbocycles. The summed E-state index contributed by atoms with van der Waals surface area (Å²) in [5.74, 6) is 3.02. The van der Waals surface area contributed by atoms with Crippen LogP contribution in [-0.2, 0) is 11.0 Å². The van der Waals surface area contributed by atoms with Gasteiger partial charge in [-0.25, -0.2) is 9.78 Å². The number of carbonyl (C=O) groups is 1. The molecule has 44 heavy (non-hydrogen) atoms. The monoisotopic (exact) mass is 619 g/mol. The molecule has 0 spiro atoms. The SMILES string of the molecule is COc1ccc(N2Cc3cnc(Nc4ccc(OC)c(OC)c4)nc3N(C3CCC(O[Si](C)(C)C(C)(C)C)CC3)C2=O)cc1. The predicted octanol–water partition coefficient (Wildman–Crippen LogP) is 7.53. The number of aromatic nitrogens is 2. The molecule has 0 atom stereocenters. The molecule has 11 heteroatoms. The molecule has 0 bridgehead atoms. The van der Waals surface area contributed by atoms with Gasteiger partial charge in [-0.1, -0.05) is 20.8 Å². The molecule has 0 saturated heterocycles. The zero-order valence-corrected chi connectivity index (χ0v) is 28.1. The maximum Gasteiger partial charge on any atom is 0.330 e. The number of ether oxygens (including phenoxy) is 3. The number of urea groups is 1. The third kappa shape index (κ3) is 6.48. The second-order valence-electron chi connectivity index (χ2n) is 13.0. The lowest BCUT2D eigenvalue weighted by Crippen LogP contribution is -2.54. The highest BCUT2D eigenvalue weighted by Crippen LogP contribution is 2.41. The smallest absolute Gasteiger partial charge is 0.330 e. The van der Waals surface area contributed by atoms with E-state index in [0.717, 1.165) is 48.4 Å². The van der Waals surface area contributed by atoms with Gasteiger partial charge in [-0.3, -0.25) is 9.80 Å². The Labute approximate surface area is 261 Å². The van der Waals surface area contributed by atoms with Crippen LogP contribution in [0.2, 0.25) is 18.1 Å². The van der Waals surface area contributed by atoms with Crippen LogP contribution >= 0.6 is 0 Å². The predicted molar refractivity (Wildman–Crippen MR) is 176 cm³/mol. The maximum absolute atomic E-state index is 14.3. The fourth-order valence-electron chi connectivity index (χ4n) is 5.59. The average Bonchev–Trinajstić information content (AvgIpc) is 3.00. The van der Waals surface area contributed by atoms with Gasteiger partial charge in [0.25, 0.3) is 0 Å². The molecule has 1 fully saturated rings. The number of nitrogens with one attached hydrogen (secondary N) is 1. The molecule has 0 unspecified atom stereocenters. The van der Waals surface area contributed by atoms with Crippen LogP contribution in [0.3, 0.4) is 0 Å².